The van der Waals surface area contributed by atoms with Gasteiger partial charge in [-0.05, 0) is 55.4 Å². The summed E-state index contributed by atoms with van der Waals surface area (Å²) in [6, 6.07) is 7.94. The average Bonchev–Trinajstić information content (AvgIpc) is 3.37. The topological polar surface area (TPSA) is 131 Å². The lowest BCUT2D eigenvalue weighted by Crippen LogP contribution is -2.53. The molecule has 1 aliphatic rings. The predicted molar refractivity (Wildman–Crippen MR) is 138 cm³/mol. The number of benzene rings is 1. The van der Waals surface area contributed by atoms with E-state index in [1.54, 1.807) is 24.2 Å². The predicted octanol–water partition coefficient (Wildman–Crippen LogP) is 3.70. The molecule has 1 fully saturated rings. The lowest BCUT2D eigenvalue weighted by molar-refractivity contribution is -0.141. The van der Waals surface area contributed by atoms with Crippen LogP contribution in [0, 0.1) is 18.4 Å². The van der Waals surface area contributed by atoms with E-state index in [4.69, 9.17) is 5.53 Å². The largest absolute Gasteiger partial charge is 0.394 e. The van der Waals surface area contributed by atoms with Gasteiger partial charge in [-0.25, -0.2) is 5.53 Å². The Morgan fingerprint density at radius 1 is 1.28 bits per heavy atom. The van der Waals surface area contributed by atoms with Crippen molar-refractivity contribution in [3.8, 4) is 11.1 Å². The Balaban J connectivity index is 1.71. The van der Waals surface area contributed by atoms with Crippen molar-refractivity contribution < 1.29 is 14.7 Å². The molecule has 3 atom stereocenters. The maximum atomic E-state index is 13.3. The van der Waals surface area contributed by atoms with Gasteiger partial charge in [0.15, 0.2) is 0 Å². The first-order chi connectivity index (χ1) is 17.3. The van der Waals surface area contributed by atoms with E-state index in [9.17, 15) is 14.7 Å². The van der Waals surface area contributed by atoms with Crippen LogP contribution in [0.4, 0.5) is 0 Å². The molecule has 0 aliphatic carbocycles. The quantitative estimate of drug-likeness (QED) is 0.376. The molecule has 36 heavy (non-hydrogen) atoms. The summed E-state index contributed by atoms with van der Waals surface area (Å²) < 4.78 is 0. The van der Waals surface area contributed by atoms with Crippen molar-refractivity contribution >= 4 is 11.8 Å². The summed E-state index contributed by atoms with van der Waals surface area (Å²) in [6.45, 7) is 7.80. The highest BCUT2D eigenvalue weighted by molar-refractivity contribution is 5.90. The Bertz CT molecular complexity index is 1100. The molecule has 9 heteroatoms. The van der Waals surface area contributed by atoms with Crippen LogP contribution in [0.25, 0.3) is 11.1 Å². The maximum absolute atomic E-state index is 13.3. The molecule has 2 amide bonds. The molecule has 0 unspecified atom stereocenters. The second kappa shape index (κ2) is 12.4. The zero-order chi connectivity index (χ0) is 26.2. The van der Waals surface area contributed by atoms with Gasteiger partial charge in [-0.1, -0.05) is 38.1 Å². The minimum Gasteiger partial charge on any atom is -0.394 e. The third-order valence-corrected chi connectivity index (χ3v) is 6.58. The second-order valence-electron chi connectivity index (χ2n) is 9.53. The van der Waals surface area contributed by atoms with E-state index >= 15 is 0 Å². The highest BCUT2D eigenvalue weighted by Gasteiger charge is 2.38. The highest BCUT2D eigenvalue weighted by Crippen LogP contribution is 2.25. The lowest BCUT2D eigenvalue weighted by Gasteiger charge is -2.31. The lowest BCUT2D eigenvalue weighted by atomic mass is 9.99. The molecule has 0 bridgehead atoms. The molecule has 9 nitrogen and oxygen atoms in total. The summed E-state index contributed by atoms with van der Waals surface area (Å²) in [7, 11) is 0. The second-order valence-corrected chi connectivity index (χ2v) is 9.53. The number of nitrogens with one attached hydrogen (secondary N) is 3. The molecule has 1 saturated heterocycles. The van der Waals surface area contributed by atoms with Gasteiger partial charge in [-0.2, -0.15) is 5.11 Å². The molecular weight excluding hydrogens is 456 g/mol. The molecule has 3 rings (SSSR count). The van der Waals surface area contributed by atoms with Gasteiger partial charge in [0.1, 0.15) is 12.1 Å². The van der Waals surface area contributed by atoms with Crippen LogP contribution >= 0.6 is 0 Å². The Morgan fingerprint density at radius 3 is 2.61 bits per heavy atom. The van der Waals surface area contributed by atoms with Crippen molar-refractivity contribution in [2.75, 3.05) is 13.2 Å². The number of hydrogen-bond acceptors (Lipinski definition) is 7. The minimum atomic E-state index is -0.599. The summed E-state index contributed by atoms with van der Waals surface area (Å²) in [5, 5.41) is 19.4. The van der Waals surface area contributed by atoms with Crippen molar-refractivity contribution in [1.82, 2.24) is 20.5 Å². The van der Waals surface area contributed by atoms with Crippen molar-refractivity contribution in [3.05, 3.63) is 65.7 Å². The number of hydrogen-bond donors (Lipinski definition) is 4. The summed E-state index contributed by atoms with van der Waals surface area (Å²) in [5.74, 6) is -0.459. The van der Waals surface area contributed by atoms with Gasteiger partial charge in [0.05, 0.1) is 18.3 Å². The molecule has 192 valence electrons. The van der Waals surface area contributed by atoms with E-state index in [0.717, 1.165) is 28.7 Å². The van der Waals surface area contributed by atoms with Crippen molar-refractivity contribution in [1.29, 1.82) is 5.53 Å². The number of aliphatic hydroxyl groups excluding tert-OH is 1. The van der Waals surface area contributed by atoms with Gasteiger partial charge in [0.2, 0.25) is 11.8 Å². The number of aryl methyl sites for hydroxylation is 1. The molecule has 1 aliphatic heterocycles. The number of aliphatic hydroxyl groups is 1. The SMILES string of the molecule is C/C(=C/N[C@H](C(=O)N1CCC[C@H]1C(=O)N[C@@H](CO)c1ccc(-c2cnccc2C)cc1)C(C)C)N=N. The van der Waals surface area contributed by atoms with Crippen LogP contribution in [0.3, 0.4) is 0 Å². The normalized spacial score (nSPS) is 17.6. The van der Waals surface area contributed by atoms with E-state index in [2.05, 4.69) is 20.7 Å². The average molecular weight is 493 g/mol. The summed E-state index contributed by atoms with van der Waals surface area (Å²) >= 11 is 0. The number of likely N-dealkylation sites (tertiary alicyclic amines) is 1. The van der Waals surface area contributed by atoms with Crippen LogP contribution in [0.1, 0.15) is 50.8 Å². The van der Waals surface area contributed by atoms with Crippen LogP contribution in [0.2, 0.25) is 0 Å². The van der Waals surface area contributed by atoms with Crippen LogP contribution in [0.15, 0.2) is 59.7 Å². The van der Waals surface area contributed by atoms with E-state index in [1.807, 2.05) is 57.3 Å². The van der Waals surface area contributed by atoms with Gasteiger partial charge in [-0.15, -0.1) is 0 Å². The van der Waals surface area contributed by atoms with Crippen LogP contribution in [-0.4, -0.2) is 52.0 Å². The van der Waals surface area contributed by atoms with Crippen LogP contribution in [-0.2, 0) is 9.59 Å². The van der Waals surface area contributed by atoms with E-state index in [0.29, 0.717) is 18.7 Å². The molecule has 0 saturated carbocycles. The first kappa shape index (κ1) is 27.0. The van der Waals surface area contributed by atoms with Crippen LogP contribution in [0.5, 0.6) is 0 Å². The van der Waals surface area contributed by atoms with E-state index in [1.165, 1.54) is 0 Å². The number of rotatable bonds is 10. The zero-order valence-electron chi connectivity index (χ0n) is 21.4. The molecule has 0 radical (unpaired) electrons. The van der Waals surface area contributed by atoms with Crippen molar-refractivity contribution in [2.45, 2.75) is 58.7 Å². The zero-order valence-corrected chi connectivity index (χ0v) is 21.4. The Kier molecular flexibility index (Phi) is 9.30. The molecule has 2 aromatic rings. The third kappa shape index (κ3) is 6.34. The number of pyridine rings is 1. The van der Waals surface area contributed by atoms with Gasteiger partial charge in [-0.3, -0.25) is 14.6 Å². The van der Waals surface area contributed by atoms with Crippen molar-refractivity contribution in [2.24, 2.45) is 11.0 Å². The first-order valence-electron chi connectivity index (χ1n) is 12.3. The number of aromatic nitrogens is 1. The molecule has 2 heterocycles. The number of carbonyl (C=O) groups excluding carboxylic acids is 2. The smallest absolute Gasteiger partial charge is 0.245 e. The molecular formula is C27H36N6O3. The van der Waals surface area contributed by atoms with Crippen molar-refractivity contribution in [3.63, 3.8) is 0 Å². The number of allylic oxidation sites excluding steroid dienone is 1. The standard InChI is InChI=1S/C27H36N6O3/c1-17(2)25(30-14-19(4)32-28)27(36)33-13-5-6-24(33)26(35)31-23(16-34)21-9-7-20(8-10-21)22-15-29-12-11-18(22)3/h7-12,14-15,17,23-25,28,30,34H,5-6,13,16H2,1-4H3,(H,31,35)/b19-14-,32-28?/t23-,24-,25-/m0/s1. The highest BCUT2D eigenvalue weighted by atomic mass is 16.3. The summed E-state index contributed by atoms with van der Waals surface area (Å²) in [4.78, 5) is 32.4. The third-order valence-electron chi connectivity index (χ3n) is 6.58. The minimum absolute atomic E-state index is 0.0243. The Labute approximate surface area is 212 Å². The van der Waals surface area contributed by atoms with E-state index < -0.39 is 18.1 Å². The Morgan fingerprint density at radius 2 is 2.00 bits per heavy atom. The van der Waals surface area contributed by atoms with Gasteiger partial charge in [0.25, 0.3) is 0 Å². The molecule has 1 aromatic heterocycles. The molecule has 1 aromatic carbocycles. The fourth-order valence-corrected chi connectivity index (χ4v) is 4.44. The molecule has 0 spiro atoms. The van der Waals surface area contributed by atoms with Crippen LogP contribution < -0.4 is 10.6 Å². The fourth-order valence-electron chi connectivity index (χ4n) is 4.44. The summed E-state index contributed by atoms with van der Waals surface area (Å²) in [6.07, 6.45) is 6.43. The number of nitrogens with zero attached hydrogens (tertiary/aromatic N) is 3. The van der Waals surface area contributed by atoms with Gasteiger partial charge >= 0.3 is 0 Å². The fraction of sp³-hybridized carbons (Fsp3) is 0.444. The monoisotopic (exact) mass is 492 g/mol. The summed E-state index contributed by atoms with van der Waals surface area (Å²) in [5.41, 5.74) is 11.5. The maximum Gasteiger partial charge on any atom is 0.245 e. The number of carbonyl (C=O) groups is 2. The van der Waals surface area contributed by atoms with Gasteiger partial charge < -0.3 is 20.6 Å². The number of amides is 2. The first-order valence-corrected chi connectivity index (χ1v) is 12.3. The Hall–Kier alpha value is -3.59. The molecule has 4 N–H and O–H groups in total. The van der Waals surface area contributed by atoms with E-state index in [-0.39, 0.29) is 24.3 Å². The van der Waals surface area contributed by atoms with Gasteiger partial charge in [0, 0.05) is 30.7 Å².